The minimum absolute atomic E-state index is 0.00324. The second-order valence-corrected chi connectivity index (χ2v) is 5.39. The minimum Gasteiger partial charge on any atom is -0.497 e. The van der Waals surface area contributed by atoms with Gasteiger partial charge in [0.2, 0.25) is 0 Å². The second-order valence-electron chi connectivity index (χ2n) is 5.39. The zero-order valence-corrected chi connectivity index (χ0v) is 11.4. The number of carbonyl (C=O) groups is 1. The molecule has 0 aromatic heterocycles. The van der Waals surface area contributed by atoms with Crippen LogP contribution in [0.1, 0.15) is 29.6 Å². The van der Waals surface area contributed by atoms with E-state index in [0.717, 1.165) is 19.3 Å². The normalized spacial score (nSPS) is 25.5. The van der Waals surface area contributed by atoms with E-state index >= 15 is 0 Å². The van der Waals surface area contributed by atoms with E-state index in [-0.39, 0.29) is 23.6 Å². The number of ether oxygens (including phenoxy) is 2. The van der Waals surface area contributed by atoms with Crippen molar-refractivity contribution >= 4 is 5.91 Å². The van der Waals surface area contributed by atoms with Crippen molar-refractivity contribution in [1.82, 2.24) is 5.32 Å². The molecule has 2 aliphatic rings. The van der Waals surface area contributed by atoms with Crippen LogP contribution in [0.2, 0.25) is 0 Å². The number of amides is 1. The maximum atomic E-state index is 13.9. The van der Waals surface area contributed by atoms with Crippen LogP contribution in [-0.4, -0.2) is 31.8 Å². The van der Waals surface area contributed by atoms with Crippen LogP contribution in [0.4, 0.5) is 4.39 Å². The molecule has 1 heterocycles. The van der Waals surface area contributed by atoms with Gasteiger partial charge in [-0.05, 0) is 37.3 Å². The summed E-state index contributed by atoms with van der Waals surface area (Å²) in [7, 11) is 1.46. The van der Waals surface area contributed by atoms with Gasteiger partial charge in [-0.3, -0.25) is 4.79 Å². The van der Waals surface area contributed by atoms with Gasteiger partial charge in [0, 0.05) is 12.7 Å². The largest absolute Gasteiger partial charge is 0.497 e. The summed E-state index contributed by atoms with van der Waals surface area (Å²) in [5.41, 5.74) is 0.0484. The van der Waals surface area contributed by atoms with Crippen molar-refractivity contribution in [1.29, 1.82) is 0 Å². The average Bonchev–Trinajstić information content (AvgIpc) is 3.19. The third-order valence-electron chi connectivity index (χ3n) is 3.96. The third-order valence-corrected chi connectivity index (χ3v) is 3.96. The molecule has 0 bridgehead atoms. The zero-order valence-electron chi connectivity index (χ0n) is 11.4. The fraction of sp³-hybridized carbons (Fsp3) is 0.533. The smallest absolute Gasteiger partial charge is 0.254 e. The van der Waals surface area contributed by atoms with Crippen molar-refractivity contribution in [2.75, 3.05) is 13.7 Å². The van der Waals surface area contributed by atoms with E-state index in [4.69, 9.17) is 9.47 Å². The van der Waals surface area contributed by atoms with Gasteiger partial charge in [-0.15, -0.1) is 0 Å². The first-order chi connectivity index (χ1) is 9.69. The van der Waals surface area contributed by atoms with Gasteiger partial charge in [0.15, 0.2) is 0 Å². The molecule has 2 fully saturated rings. The number of methoxy groups -OCH3 is 1. The lowest BCUT2D eigenvalue weighted by molar-refractivity contribution is 0.0727. The first-order valence-corrected chi connectivity index (χ1v) is 6.95. The highest BCUT2D eigenvalue weighted by atomic mass is 19.1. The summed E-state index contributed by atoms with van der Waals surface area (Å²) in [5.74, 6) is 0.0117. The molecule has 3 rings (SSSR count). The summed E-state index contributed by atoms with van der Waals surface area (Å²) in [6.07, 6.45) is 3.22. The molecule has 1 aromatic carbocycles. The van der Waals surface area contributed by atoms with E-state index in [9.17, 15) is 9.18 Å². The van der Waals surface area contributed by atoms with Crippen LogP contribution in [0.15, 0.2) is 18.2 Å². The van der Waals surface area contributed by atoms with Crippen molar-refractivity contribution in [2.24, 2.45) is 5.92 Å². The summed E-state index contributed by atoms with van der Waals surface area (Å²) in [6.45, 7) is 0.664. The van der Waals surface area contributed by atoms with E-state index in [1.54, 1.807) is 6.07 Å². The molecule has 1 N–H and O–H groups in total. The fourth-order valence-electron chi connectivity index (χ4n) is 2.71. The lowest BCUT2D eigenvalue weighted by Crippen LogP contribution is -2.41. The predicted octanol–water partition coefficient (Wildman–Crippen LogP) is 2.13. The molecule has 1 aromatic rings. The molecule has 1 aliphatic heterocycles. The molecular formula is C15H18FNO3. The van der Waals surface area contributed by atoms with E-state index < -0.39 is 5.82 Å². The molecule has 1 saturated carbocycles. The maximum Gasteiger partial charge on any atom is 0.254 e. The Kier molecular flexibility index (Phi) is 3.61. The minimum atomic E-state index is -0.566. The first-order valence-electron chi connectivity index (χ1n) is 6.95. The highest BCUT2D eigenvalue weighted by molar-refractivity contribution is 5.94. The Morgan fingerprint density at radius 1 is 1.40 bits per heavy atom. The lowest BCUT2D eigenvalue weighted by atomic mass is 10.1. The van der Waals surface area contributed by atoms with Crippen LogP contribution in [-0.2, 0) is 4.74 Å². The summed E-state index contributed by atoms with van der Waals surface area (Å²) < 4.78 is 24.5. The lowest BCUT2D eigenvalue weighted by Gasteiger charge is -2.19. The molecule has 1 amide bonds. The van der Waals surface area contributed by atoms with Crippen LogP contribution in [0, 0.1) is 11.7 Å². The van der Waals surface area contributed by atoms with Crippen LogP contribution in [0.5, 0.6) is 5.75 Å². The van der Waals surface area contributed by atoms with Crippen LogP contribution in [0.25, 0.3) is 0 Å². The van der Waals surface area contributed by atoms with Gasteiger partial charge in [0.1, 0.15) is 11.6 Å². The standard InChI is InChI=1S/C15H18FNO3/c1-19-10-4-5-11(12(16)8-10)15(18)17-13-6-7-20-14(13)9-2-3-9/h4-5,8-9,13-14H,2-3,6-7H2,1H3,(H,17,18). The first kappa shape index (κ1) is 13.4. The fourth-order valence-corrected chi connectivity index (χ4v) is 2.71. The Labute approximate surface area is 117 Å². The zero-order chi connectivity index (χ0) is 14.1. The average molecular weight is 279 g/mol. The second kappa shape index (κ2) is 5.40. The van der Waals surface area contributed by atoms with Crippen molar-refractivity contribution < 1.29 is 18.7 Å². The Morgan fingerprint density at radius 2 is 2.20 bits per heavy atom. The molecule has 108 valence electrons. The van der Waals surface area contributed by atoms with E-state index in [0.29, 0.717) is 18.3 Å². The van der Waals surface area contributed by atoms with E-state index in [2.05, 4.69) is 5.32 Å². The molecule has 1 aliphatic carbocycles. The van der Waals surface area contributed by atoms with Gasteiger partial charge in [-0.2, -0.15) is 0 Å². The quantitative estimate of drug-likeness (QED) is 0.918. The summed E-state index contributed by atoms with van der Waals surface area (Å²) >= 11 is 0. The predicted molar refractivity (Wildman–Crippen MR) is 71.3 cm³/mol. The van der Waals surface area contributed by atoms with Crippen molar-refractivity contribution in [2.45, 2.75) is 31.4 Å². The van der Waals surface area contributed by atoms with E-state index in [1.165, 1.54) is 19.2 Å². The van der Waals surface area contributed by atoms with Gasteiger partial charge in [-0.25, -0.2) is 4.39 Å². The molecule has 4 nitrogen and oxygen atoms in total. The molecular weight excluding hydrogens is 261 g/mol. The van der Waals surface area contributed by atoms with E-state index in [1.807, 2.05) is 0 Å². The summed E-state index contributed by atoms with van der Waals surface area (Å²) in [5, 5.41) is 2.90. The summed E-state index contributed by atoms with van der Waals surface area (Å²) in [6, 6.07) is 4.25. The molecule has 0 spiro atoms. The van der Waals surface area contributed by atoms with Gasteiger partial charge < -0.3 is 14.8 Å². The number of hydrogen-bond donors (Lipinski definition) is 1. The summed E-state index contributed by atoms with van der Waals surface area (Å²) in [4.78, 5) is 12.2. The van der Waals surface area contributed by atoms with Crippen LogP contribution in [0.3, 0.4) is 0 Å². The molecule has 0 radical (unpaired) electrons. The number of carbonyl (C=O) groups excluding carboxylic acids is 1. The van der Waals surface area contributed by atoms with Gasteiger partial charge in [0.25, 0.3) is 5.91 Å². The SMILES string of the molecule is COc1ccc(C(=O)NC2CCOC2C2CC2)c(F)c1. The van der Waals surface area contributed by atoms with Crippen molar-refractivity contribution in [3.63, 3.8) is 0 Å². The Hall–Kier alpha value is -1.62. The Morgan fingerprint density at radius 3 is 2.85 bits per heavy atom. The number of nitrogens with one attached hydrogen (secondary N) is 1. The van der Waals surface area contributed by atoms with Crippen LogP contribution >= 0.6 is 0 Å². The number of benzene rings is 1. The number of hydrogen-bond acceptors (Lipinski definition) is 3. The molecule has 2 unspecified atom stereocenters. The highest BCUT2D eigenvalue weighted by Crippen LogP contribution is 2.38. The topological polar surface area (TPSA) is 47.6 Å². The van der Waals surface area contributed by atoms with Gasteiger partial charge in [-0.1, -0.05) is 0 Å². The molecule has 5 heteroatoms. The number of halogens is 1. The highest BCUT2D eigenvalue weighted by Gasteiger charge is 2.41. The van der Waals surface area contributed by atoms with Gasteiger partial charge >= 0.3 is 0 Å². The maximum absolute atomic E-state index is 13.9. The molecule has 1 saturated heterocycles. The van der Waals surface area contributed by atoms with Crippen LogP contribution < -0.4 is 10.1 Å². The number of rotatable bonds is 4. The van der Waals surface area contributed by atoms with Crippen molar-refractivity contribution in [3.05, 3.63) is 29.6 Å². The van der Waals surface area contributed by atoms with Gasteiger partial charge in [0.05, 0.1) is 24.8 Å². The molecule has 20 heavy (non-hydrogen) atoms. The Balaban J connectivity index is 1.69. The van der Waals surface area contributed by atoms with Crippen molar-refractivity contribution in [3.8, 4) is 5.75 Å². The monoisotopic (exact) mass is 279 g/mol. The Bertz CT molecular complexity index is 516. The molecule has 2 atom stereocenters. The third kappa shape index (κ3) is 2.63.